The van der Waals surface area contributed by atoms with Crippen molar-refractivity contribution in [3.63, 3.8) is 0 Å². The zero-order chi connectivity index (χ0) is 19.6. The van der Waals surface area contributed by atoms with E-state index in [-0.39, 0.29) is 5.75 Å². The Kier molecular flexibility index (Phi) is 6.26. The summed E-state index contributed by atoms with van der Waals surface area (Å²) in [6.45, 7) is 0. The molecule has 0 saturated heterocycles. The number of thiazole rings is 1. The number of phenols is 1. The standard InChI is InChI=1S/C18H14BrCl2N3O2S/c1-22-18-24(15(9-27-18)12-4-3-11(20)7-14(12)21)23-8-10-5-13(19)17(25)16(6-10)26-2/h3-9,25H,1-2H3. The van der Waals surface area contributed by atoms with Crippen LogP contribution in [-0.4, -0.2) is 30.2 Å². The van der Waals surface area contributed by atoms with Gasteiger partial charge in [-0.05, 0) is 51.8 Å². The number of hydrogen-bond acceptors (Lipinski definition) is 5. The minimum Gasteiger partial charge on any atom is -0.503 e. The summed E-state index contributed by atoms with van der Waals surface area (Å²) in [6, 6.07) is 8.74. The molecule has 0 spiro atoms. The largest absolute Gasteiger partial charge is 0.503 e. The molecule has 140 valence electrons. The van der Waals surface area contributed by atoms with Crippen molar-refractivity contribution < 1.29 is 9.84 Å². The molecule has 1 N–H and O–H groups in total. The van der Waals surface area contributed by atoms with Gasteiger partial charge >= 0.3 is 0 Å². The number of benzene rings is 2. The number of methoxy groups -OCH3 is 1. The van der Waals surface area contributed by atoms with Gasteiger partial charge in [-0.25, -0.2) is 4.68 Å². The van der Waals surface area contributed by atoms with Gasteiger partial charge in [-0.2, -0.15) is 5.10 Å². The Balaban J connectivity index is 2.09. The first kappa shape index (κ1) is 19.9. The van der Waals surface area contributed by atoms with E-state index in [2.05, 4.69) is 26.0 Å². The maximum absolute atomic E-state index is 9.94. The fourth-order valence-electron chi connectivity index (χ4n) is 2.39. The van der Waals surface area contributed by atoms with Crippen LogP contribution in [0.2, 0.25) is 10.0 Å². The van der Waals surface area contributed by atoms with E-state index in [0.717, 1.165) is 16.8 Å². The number of phenolic OH excluding ortho intramolecular Hbond substituents is 1. The highest BCUT2D eigenvalue weighted by atomic mass is 79.9. The van der Waals surface area contributed by atoms with Gasteiger partial charge in [-0.3, -0.25) is 4.99 Å². The van der Waals surface area contributed by atoms with Crippen LogP contribution < -0.4 is 9.54 Å². The first-order valence-corrected chi connectivity index (χ1v) is 10.1. The Morgan fingerprint density at radius 2 is 2.04 bits per heavy atom. The highest BCUT2D eigenvalue weighted by molar-refractivity contribution is 9.10. The third kappa shape index (κ3) is 4.21. The van der Waals surface area contributed by atoms with Crippen molar-refractivity contribution in [1.29, 1.82) is 0 Å². The maximum Gasteiger partial charge on any atom is 0.205 e. The number of ether oxygens (including phenoxy) is 1. The van der Waals surface area contributed by atoms with Crippen LogP contribution in [0.3, 0.4) is 0 Å². The summed E-state index contributed by atoms with van der Waals surface area (Å²) in [7, 11) is 3.19. The van der Waals surface area contributed by atoms with Gasteiger partial charge < -0.3 is 9.84 Å². The minimum absolute atomic E-state index is 0.0377. The van der Waals surface area contributed by atoms with Gasteiger partial charge in [0.25, 0.3) is 0 Å². The Hall–Kier alpha value is -1.80. The molecule has 0 amide bonds. The lowest BCUT2D eigenvalue weighted by molar-refractivity contribution is 0.372. The van der Waals surface area contributed by atoms with Gasteiger partial charge in [0.2, 0.25) is 4.80 Å². The van der Waals surface area contributed by atoms with Gasteiger partial charge in [0.05, 0.1) is 28.5 Å². The molecule has 5 nitrogen and oxygen atoms in total. The molecule has 1 heterocycles. The van der Waals surface area contributed by atoms with Gasteiger partial charge in [0, 0.05) is 23.0 Å². The quantitative estimate of drug-likeness (QED) is 0.501. The molecule has 0 aliphatic carbocycles. The van der Waals surface area contributed by atoms with E-state index >= 15 is 0 Å². The fourth-order valence-corrected chi connectivity index (χ4v) is 4.15. The molecule has 0 aliphatic heterocycles. The second-order valence-corrected chi connectivity index (χ2v) is 7.90. The predicted octanol–water partition coefficient (Wildman–Crippen LogP) is 5.41. The topological polar surface area (TPSA) is 59.1 Å². The summed E-state index contributed by atoms with van der Waals surface area (Å²) in [5.41, 5.74) is 2.34. The molecule has 0 saturated carbocycles. The predicted molar refractivity (Wildman–Crippen MR) is 115 cm³/mol. The van der Waals surface area contributed by atoms with Gasteiger partial charge in [-0.1, -0.05) is 23.2 Å². The molecule has 0 radical (unpaired) electrons. The molecule has 3 aromatic rings. The van der Waals surface area contributed by atoms with Crippen molar-refractivity contribution in [2.45, 2.75) is 0 Å². The van der Waals surface area contributed by atoms with E-state index in [9.17, 15) is 5.11 Å². The first-order chi connectivity index (χ1) is 12.9. The lowest BCUT2D eigenvalue weighted by atomic mass is 10.2. The molecule has 0 atom stereocenters. The van der Waals surface area contributed by atoms with Crippen molar-refractivity contribution >= 4 is 56.7 Å². The van der Waals surface area contributed by atoms with Crippen molar-refractivity contribution in [2.24, 2.45) is 10.1 Å². The second kappa shape index (κ2) is 8.48. The lowest BCUT2D eigenvalue weighted by Gasteiger charge is -2.08. The molecule has 0 aliphatic rings. The van der Waals surface area contributed by atoms with Gasteiger partial charge in [0.1, 0.15) is 0 Å². The lowest BCUT2D eigenvalue weighted by Crippen LogP contribution is -2.11. The van der Waals surface area contributed by atoms with Crippen molar-refractivity contribution in [1.82, 2.24) is 4.68 Å². The fraction of sp³-hybridized carbons (Fsp3) is 0.111. The molecule has 3 rings (SSSR count). The van der Waals surface area contributed by atoms with Crippen molar-refractivity contribution in [3.05, 3.63) is 60.6 Å². The summed E-state index contributed by atoms with van der Waals surface area (Å²) >= 11 is 17.1. The third-order valence-corrected chi connectivity index (χ3v) is 5.74. The highest BCUT2D eigenvalue weighted by Gasteiger charge is 2.12. The van der Waals surface area contributed by atoms with Crippen molar-refractivity contribution in [2.75, 3.05) is 14.2 Å². The molecule has 0 unspecified atom stereocenters. The van der Waals surface area contributed by atoms with Crippen molar-refractivity contribution in [3.8, 4) is 22.8 Å². The van der Waals surface area contributed by atoms with Crippen LogP contribution in [0.5, 0.6) is 11.5 Å². The Morgan fingerprint density at radius 3 is 2.70 bits per heavy atom. The number of halogens is 3. The van der Waals surface area contributed by atoms with E-state index in [4.69, 9.17) is 27.9 Å². The minimum atomic E-state index is 0.0377. The molecule has 2 aromatic carbocycles. The molecule has 27 heavy (non-hydrogen) atoms. The summed E-state index contributed by atoms with van der Waals surface area (Å²) in [5.74, 6) is 0.387. The van der Waals surface area contributed by atoms with Crippen LogP contribution >= 0.6 is 50.5 Å². The van der Waals surface area contributed by atoms with Crippen LogP contribution in [0.1, 0.15) is 5.56 Å². The van der Waals surface area contributed by atoms with E-state index in [0.29, 0.717) is 25.1 Å². The summed E-state index contributed by atoms with van der Waals surface area (Å²) in [4.78, 5) is 4.97. The molecular weight excluding hydrogens is 473 g/mol. The second-order valence-electron chi connectivity index (χ2n) is 5.36. The first-order valence-electron chi connectivity index (χ1n) is 7.64. The molecule has 0 fully saturated rings. The molecule has 0 bridgehead atoms. The summed E-state index contributed by atoms with van der Waals surface area (Å²) in [6.07, 6.45) is 1.65. The Labute approximate surface area is 178 Å². The number of rotatable bonds is 4. The number of aromatic hydroxyl groups is 1. The van der Waals surface area contributed by atoms with Crippen LogP contribution in [0, 0.1) is 0 Å². The summed E-state index contributed by atoms with van der Waals surface area (Å²) < 4.78 is 7.39. The monoisotopic (exact) mass is 485 g/mol. The zero-order valence-corrected chi connectivity index (χ0v) is 18.2. The SMILES string of the molecule is CN=c1scc(-c2ccc(Cl)cc2Cl)n1N=Cc1cc(Br)c(O)c(OC)c1. The number of aromatic nitrogens is 1. The zero-order valence-electron chi connectivity index (χ0n) is 14.3. The maximum atomic E-state index is 9.94. The van der Waals surface area contributed by atoms with Gasteiger partial charge in [0.15, 0.2) is 11.5 Å². The number of nitrogens with zero attached hydrogens (tertiary/aromatic N) is 3. The Bertz CT molecular complexity index is 1090. The third-order valence-electron chi connectivity index (χ3n) is 3.68. The average molecular weight is 487 g/mol. The van der Waals surface area contributed by atoms with E-state index in [1.54, 1.807) is 42.2 Å². The van der Waals surface area contributed by atoms with Crippen LogP contribution in [-0.2, 0) is 0 Å². The molecule has 1 aromatic heterocycles. The van der Waals surface area contributed by atoms with Crippen LogP contribution in [0.15, 0.2) is 50.3 Å². The molecular formula is C18H14BrCl2N3O2S. The van der Waals surface area contributed by atoms with Gasteiger partial charge in [-0.15, -0.1) is 11.3 Å². The average Bonchev–Trinajstić information content (AvgIpc) is 3.05. The number of hydrogen-bond donors (Lipinski definition) is 1. The smallest absolute Gasteiger partial charge is 0.205 e. The van der Waals surface area contributed by atoms with E-state index in [1.807, 2.05) is 11.4 Å². The van der Waals surface area contributed by atoms with Crippen LogP contribution in [0.25, 0.3) is 11.3 Å². The van der Waals surface area contributed by atoms with Crippen LogP contribution in [0.4, 0.5) is 0 Å². The Morgan fingerprint density at radius 1 is 1.26 bits per heavy atom. The van der Waals surface area contributed by atoms with E-state index in [1.165, 1.54) is 18.4 Å². The van der Waals surface area contributed by atoms with E-state index < -0.39 is 0 Å². The highest BCUT2D eigenvalue weighted by Crippen LogP contribution is 2.35. The normalized spacial score (nSPS) is 12.1. The summed E-state index contributed by atoms with van der Waals surface area (Å²) in [5, 5.41) is 17.5. The molecule has 9 heteroatoms.